The summed E-state index contributed by atoms with van der Waals surface area (Å²) in [6.45, 7) is 1.74. The number of thioether (sulfide) groups is 1. The number of rotatable bonds is 4. The van der Waals surface area contributed by atoms with Crippen LogP contribution < -0.4 is 0 Å². The second kappa shape index (κ2) is 5.32. The van der Waals surface area contributed by atoms with E-state index in [1.807, 2.05) is 18.2 Å². The highest BCUT2D eigenvalue weighted by Gasteiger charge is 2.36. The summed E-state index contributed by atoms with van der Waals surface area (Å²) >= 11 is 1.30. The fourth-order valence-corrected chi connectivity index (χ4v) is 2.20. The van der Waals surface area contributed by atoms with Crippen LogP contribution >= 0.6 is 11.8 Å². The fourth-order valence-electron chi connectivity index (χ4n) is 1.19. The number of hydrogen-bond donors (Lipinski definition) is 0. The van der Waals surface area contributed by atoms with E-state index >= 15 is 0 Å². The van der Waals surface area contributed by atoms with Crippen molar-refractivity contribution in [1.82, 2.24) is 9.88 Å². The average molecular weight is 240 g/mol. The van der Waals surface area contributed by atoms with Gasteiger partial charge in [-0.05, 0) is 19.1 Å². The molecular formula is C11H16N2O2S. The van der Waals surface area contributed by atoms with Gasteiger partial charge in [0.25, 0.3) is 5.91 Å². The molecule has 1 aromatic heterocycles. The molecule has 5 heteroatoms. The van der Waals surface area contributed by atoms with E-state index < -0.39 is 4.93 Å². The molecule has 0 aliphatic heterocycles. The number of carbonyl (C=O) groups is 1. The van der Waals surface area contributed by atoms with E-state index in [1.54, 1.807) is 27.2 Å². The summed E-state index contributed by atoms with van der Waals surface area (Å²) in [5.74, 6) is -0.0920. The number of ether oxygens (including phenoxy) is 1. The summed E-state index contributed by atoms with van der Waals surface area (Å²) in [6, 6.07) is 5.57. The molecule has 1 rings (SSSR count). The third-order valence-electron chi connectivity index (χ3n) is 2.12. The van der Waals surface area contributed by atoms with Crippen molar-refractivity contribution in [2.24, 2.45) is 0 Å². The van der Waals surface area contributed by atoms with Gasteiger partial charge in [-0.3, -0.25) is 4.79 Å². The highest BCUT2D eigenvalue weighted by molar-refractivity contribution is 8.01. The Hall–Kier alpha value is -1.07. The Morgan fingerprint density at radius 3 is 2.62 bits per heavy atom. The lowest BCUT2D eigenvalue weighted by atomic mass is 10.3. The van der Waals surface area contributed by atoms with Gasteiger partial charge in [0, 0.05) is 27.4 Å². The summed E-state index contributed by atoms with van der Waals surface area (Å²) in [4.78, 5) is 16.7. The molecule has 1 heterocycles. The lowest BCUT2D eigenvalue weighted by molar-refractivity contribution is -0.141. The van der Waals surface area contributed by atoms with Crippen LogP contribution in [0.5, 0.6) is 0 Å². The molecule has 16 heavy (non-hydrogen) atoms. The van der Waals surface area contributed by atoms with Crippen molar-refractivity contribution < 1.29 is 9.53 Å². The molecule has 0 aliphatic rings. The molecule has 0 N–H and O–H groups in total. The molecule has 1 amide bonds. The minimum Gasteiger partial charge on any atom is -0.358 e. The van der Waals surface area contributed by atoms with Crippen LogP contribution in [0.2, 0.25) is 0 Å². The standard InChI is InChI=1S/C11H16N2O2S/c1-11(15-4,10(14)13(2)3)16-9-7-5-6-8-12-9/h5-8H,1-4H3. The maximum absolute atomic E-state index is 12.0. The first-order chi connectivity index (χ1) is 7.49. The molecule has 0 aliphatic carbocycles. The highest BCUT2D eigenvalue weighted by atomic mass is 32.2. The van der Waals surface area contributed by atoms with Crippen molar-refractivity contribution >= 4 is 17.7 Å². The van der Waals surface area contributed by atoms with E-state index in [0.717, 1.165) is 5.03 Å². The number of amides is 1. The number of likely N-dealkylation sites (N-methyl/N-ethyl adjacent to an activating group) is 1. The van der Waals surface area contributed by atoms with Gasteiger partial charge in [0.15, 0.2) is 4.93 Å². The first-order valence-electron chi connectivity index (χ1n) is 4.86. The maximum atomic E-state index is 12.0. The summed E-state index contributed by atoms with van der Waals surface area (Å²) in [5.41, 5.74) is 0. The van der Waals surface area contributed by atoms with Crippen molar-refractivity contribution in [3.05, 3.63) is 24.4 Å². The second-order valence-electron chi connectivity index (χ2n) is 3.62. The van der Waals surface area contributed by atoms with Gasteiger partial charge >= 0.3 is 0 Å². The van der Waals surface area contributed by atoms with Crippen LogP contribution in [0.1, 0.15) is 6.92 Å². The Balaban J connectivity index is 2.86. The number of aromatic nitrogens is 1. The number of carbonyl (C=O) groups excluding carboxylic acids is 1. The Kier molecular flexibility index (Phi) is 4.32. The number of hydrogen-bond acceptors (Lipinski definition) is 4. The van der Waals surface area contributed by atoms with Crippen LogP contribution in [0.4, 0.5) is 0 Å². The first kappa shape index (κ1) is 13.0. The lowest BCUT2D eigenvalue weighted by Crippen LogP contribution is -2.42. The van der Waals surface area contributed by atoms with Crippen LogP contribution in [-0.4, -0.2) is 41.9 Å². The SMILES string of the molecule is COC(C)(Sc1ccccn1)C(=O)N(C)C. The molecule has 0 spiro atoms. The Labute approximate surface area is 100.0 Å². The normalized spacial score (nSPS) is 14.2. The quantitative estimate of drug-likeness (QED) is 0.592. The lowest BCUT2D eigenvalue weighted by Gasteiger charge is -2.28. The molecule has 0 bridgehead atoms. The third kappa shape index (κ3) is 2.96. The van der Waals surface area contributed by atoms with Crippen molar-refractivity contribution in [2.45, 2.75) is 16.9 Å². The van der Waals surface area contributed by atoms with Crippen LogP contribution in [0.25, 0.3) is 0 Å². The van der Waals surface area contributed by atoms with Gasteiger partial charge in [-0.15, -0.1) is 0 Å². The predicted molar refractivity (Wildman–Crippen MR) is 64.2 cm³/mol. The molecule has 88 valence electrons. The van der Waals surface area contributed by atoms with E-state index in [4.69, 9.17) is 4.74 Å². The van der Waals surface area contributed by atoms with Gasteiger partial charge < -0.3 is 9.64 Å². The third-order valence-corrected chi connectivity index (χ3v) is 3.30. The summed E-state index contributed by atoms with van der Waals surface area (Å²) in [5, 5.41) is 0.766. The van der Waals surface area contributed by atoms with Crippen molar-refractivity contribution in [3.63, 3.8) is 0 Å². The minimum absolute atomic E-state index is 0.0920. The van der Waals surface area contributed by atoms with Crippen molar-refractivity contribution in [1.29, 1.82) is 0 Å². The van der Waals surface area contributed by atoms with E-state index in [-0.39, 0.29) is 5.91 Å². The molecule has 0 fully saturated rings. The molecule has 1 atom stereocenters. The molecule has 0 saturated heterocycles. The summed E-state index contributed by atoms with van der Waals surface area (Å²) < 4.78 is 5.30. The van der Waals surface area contributed by atoms with Crippen LogP contribution in [0.3, 0.4) is 0 Å². The van der Waals surface area contributed by atoms with Gasteiger partial charge in [0.05, 0.1) is 5.03 Å². The summed E-state index contributed by atoms with van der Waals surface area (Å²) in [7, 11) is 4.94. The van der Waals surface area contributed by atoms with Crippen LogP contribution in [-0.2, 0) is 9.53 Å². The van der Waals surface area contributed by atoms with Gasteiger partial charge in [0.1, 0.15) is 0 Å². The number of methoxy groups -OCH3 is 1. The number of nitrogens with zero attached hydrogens (tertiary/aromatic N) is 2. The van der Waals surface area contributed by atoms with Crippen LogP contribution in [0, 0.1) is 0 Å². The van der Waals surface area contributed by atoms with Crippen molar-refractivity contribution in [2.75, 3.05) is 21.2 Å². The predicted octanol–water partition coefficient (Wildman–Crippen LogP) is 1.62. The maximum Gasteiger partial charge on any atom is 0.264 e. The zero-order valence-electron chi connectivity index (χ0n) is 9.93. The highest BCUT2D eigenvalue weighted by Crippen LogP contribution is 2.33. The topological polar surface area (TPSA) is 42.4 Å². The smallest absolute Gasteiger partial charge is 0.264 e. The zero-order valence-corrected chi connectivity index (χ0v) is 10.7. The van der Waals surface area contributed by atoms with E-state index in [2.05, 4.69) is 4.98 Å². The minimum atomic E-state index is -0.933. The van der Waals surface area contributed by atoms with Crippen LogP contribution in [0.15, 0.2) is 29.4 Å². The zero-order chi connectivity index (χ0) is 12.2. The molecule has 0 saturated carbocycles. The summed E-state index contributed by atoms with van der Waals surface area (Å²) in [6.07, 6.45) is 1.69. The molecule has 0 radical (unpaired) electrons. The second-order valence-corrected chi connectivity index (χ2v) is 5.02. The Morgan fingerprint density at radius 1 is 1.50 bits per heavy atom. The largest absolute Gasteiger partial charge is 0.358 e. The monoisotopic (exact) mass is 240 g/mol. The van der Waals surface area contributed by atoms with E-state index in [0.29, 0.717) is 0 Å². The Bertz CT molecular complexity index is 356. The van der Waals surface area contributed by atoms with Gasteiger partial charge in [-0.1, -0.05) is 17.8 Å². The van der Waals surface area contributed by atoms with Gasteiger partial charge in [-0.2, -0.15) is 0 Å². The first-order valence-corrected chi connectivity index (χ1v) is 5.68. The molecule has 1 aromatic rings. The molecule has 4 nitrogen and oxygen atoms in total. The Morgan fingerprint density at radius 2 is 2.19 bits per heavy atom. The fraction of sp³-hybridized carbons (Fsp3) is 0.455. The van der Waals surface area contributed by atoms with Gasteiger partial charge in [0.2, 0.25) is 0 Å². The van der Waals surface area contributed by atoms with E-state index in [9.17, 15) is 4.79 Å². The van der Waals surface area contributed by atoms with Gasteiger partial charge in [-0.25, -0.2) is 4.98 Å². The van der Waals surface area contributed by atoms with E-state index in [1.165, 1.54) is 23.8 Å². The average Bonchev–Trinajstić information content (AvgIpc) is 2.29. The molecule has 1 unspecified atom stereocenters. The molecule has 0 aromatic carbocycles. The number of pyridine rings is 1. The van der Waals surface area contributed by atoms with Crippen molar-refractivity contribution in [3.8, 4) is 0 Å². The molecular weight excluding hydrogens is 224 g/mol.